The molecule has 0 spiro atoms. The molecule has 76 valence electrons. The summed E-state index contributed by atoms with van der Waals surface area (Å²) in [6, 6.07) is 0.742. The number of nitrogens with zero attached hydrogens (tertiary/aromatic N) is 1. The lowest BCUT2D eigenvalue weighted by Gasteiger charge is -2.43. The number of likely N-dealkylation sites (N-methyl/N-ethyl adjacent to an activating group) is 1. The summed E-state index contributed by atoms with van der Waals surface area (Å²) in [5.74, 6) is 1.56. The van der Waals surface area contributed by atoms with Gasteiger partial charge in [0.1, 0.15) is 0 Å². The predicted octanol–water partition coefficient (Wildman–Crippen LogP) is 2.68. The van der Waals surface area contributed by atoms with Crippen molar-refractivity contribution in [3.63, 3.8) is 0 Å². The van der Waals surface area contributed by atoms with Gasteiger partial charge in [-0.05, 0) is 25.8 Å². The zero-order chi connectivity index (χ0) is 10.1. The van der Waals surface area contributed by atoms with Crippen molar-refractivity contribution in [1.29, 1.82) is 0 Å². The van der Waals surface area contributed by atoms with Gasteiger partial charge in [-0.2, -0.15) is 0 Å². The second-order valence-corrected chi connectivity index (χ2v) is 5.27. The molecule has 1 aliphatic rings. The maximum absolute atomic E-state index is 2.41. The van der Waals surface area contributed by atoms with Crippen molar-refractivity contribution in [2.24, 2.45) is 11.8 Å². The molecule has 0 aliphatic carbocycles. The van der Waals surface area contributed by atoms with Gasteiger partial charge in [0.05, 0.1) is 26.2 Å². The maximum Gasteiger partial charge on any atom is 0.0973 e. The van der Waals surface area contributed by atoms with Gasteiger partial charge in [-0.25, -0.2) is 0 Å². The standard InChI is InChI=1S/C12H24N/c1-10(2)12-7-6-8-13(5,9-12)11(3)4/h6-7,10-12H,8-9H2,1-5H3/q+1/t12-,13?/m1/s1. The fraction of sp³-hybridized carbons (Fsp3) is 0.833. The van der Waals surface area contributed by atoms with Crippen molar-refractivity contribution in [3.8, 4) is 0 Å². The van der Waals surface area contributed by atoms with E-state index in [1.165, 1.54) is 17.6 Å². The van der Waals surface area contributed by atoms with Gasteiger partial charge in [0.15, 0.2) is 0 Å². The van der Waals surface area contributed by atoms with Gasteiger partial charge in [-0.1, -0.05) is 19.9 Å². The van der Waals surface area contributed by atoms with Crippen LogP contribution < -0.4 is 0 Å². The topological polar surface area (TPSA) is 0 Å². The van der Waals surface area contributed by atoms with Crippen LogP contribution in [0.5, 0.6) is 0 Å². The van der Waals surface area contributed by atoms with E-state index in [1.54, 1.807) is 0 Å². The second kappa shape index (κ2) is 3.83. The van der Waals surface area contributed by atoms with E-state index in [0.29, 0.717) is 0 Å². The minimum atomic E-state index is 0.742. The highest BCUT2D eigenvalue weighted by molar-refractivity contribution is 4.93. The van der Waals surface area contributed by atoms with Gasteiger partial charge in [0.2, 0.25) is 0 Å². The minimum absolute atomic E-state index is 0.742. The van der Waals surface area contributed by atoms with E-state index in [0.717, 1.165) is 17.9 Å². The largest absolute Gasteiger partial charge is 0.320 e. The molecule has 1 heteroatoms. The van der Waals surface area contributed by atoms with Crippen LogP contribution in [0.2, 0.25) is 0 Å². The summed E-state index contributed by atoms with van der Waals surface area (Å²) in [5.41, 5.74) is 0. The Morgan fingerprint density at radius 2 is 1.85 bits per heavy atom. The summed E-state index contributed by atoms with van der Waals surface area (Å²) < 4.78 is 1.21. The Morgan fingerprint density at radius 3 is 2.31 bits per heavy atom. The molecule has 0 radical (unpaired) electrons. The van der Waals surface area contributed by atoms with E-state index in [-0.39, 0.29) is 0 Å². The highest BCUT2D eigenvalue weighted by Gasteiger charge is 2.31. The van der Waals surface area contributed by atoms with Crippen LogP contribution in [0.3, 0.4) is 0 Å². The first-order valence-corrected chi connectivity index (χ1v) is 5.46. The van der Waals surface area contributed by atoms with Crippen LogP contribution in [0.25, 0.3) is 0 Å². The number of rotatable bonds is 2. The smallest absolute Gasteiger partial charge is 0.0973 e. The second-order valence-electron chi connectivity index (χ2n) is 5.27. The van der Waals surface area contributed by atoms with Gasteiger partial charge >= 0.3 is 0 Å². The molecule has 0 amide bonds. The van der Waals surface area contributed by atoms with Crippen LogP contribution in [0, 0.1) is 11.8 Å². The molecule has 0 N–H and O–H groups in total. The molecular formula is C12H24N+. The van der Waals surface area contributed by atoms with Crippen LogP contribution in [0.1, 0.15) is 27.7 Å². The Hall–Kier alpha value is -0.300. The van der Waals surface area contributed by atoms with Crippen LogP contribution in [0.15, 0.2) is 12.2 Å². The lowest BCUT2D eigenvalue weighted by atomic mass is 9.91. The summed E-state index contributed by atoms with van der Waals surface area (Å²) >= 11 is 0. The summed E-state index contributed by atoms with van der Waals surface area (Å²) in [6.07, 6.45) is 4.78. The molecule has 0 aromatic rings. The van der Waals surface area contributed by atoms with Crippen LogP contribution in [-0.4, -0.2) is 30.7 Å². The zero-order valence-electron chi connectivity index (χ0n) is 9.75. The monoisotopic (exact) mass is 182 g/mol. The fourth-order valence-corrected chi connectivity index (χ4v) is 1.95. The molecule has 0 bridgehead atoms. The Kier molecular flexibility index (Phi) is 3.18. The van der Waals surface area contributed by atoms with Gasteiger partial charge in [-0.15, -0.1) is 0 Å². The van der Waals surface area contributed by atoms with E-state index >= 15 is 0 Å². The SMILES string of the molecule is CC(C)[C@@H]1C=CC[N+](C)(C(C)C)C1. The summed E-state index contributed by atoms with van der Waals surface area (Å²) in [5, 5.41) is 0. The maximum atomic E-state index is 2.41. The highest BCUT2D eigenvalue weighted by atomic mass is 15.3. The molecule has 13 heavy (non-hydrogen) atoms. The van der Waals surface area contributed by atoms with Crippen LogP contribution in [0.4, 0.5) is 0 Å². The Bertz CT molecular complexity index is 193. The molecule has 2 atom stereocenters. The molecule has 1 nitrogen and oxygen atoms in total. The normalized spacial score (nSPS) is 34.5. The number of hydrogen-bond acceptors (Lipinski definition) is 0. The molecule has 1 unspecified atom stereocenters. The first-order valence-electron chi connectivity index (χ1n) is 5.46. The molecule has 0 fully saturated rings. The van der Waals surface area contributed by atoms with Gasteiger partial charge in [0, 0.05) is 5.92 Å². The number of hydrogen-bond donors (Lipinski definition) is 0. The summed E-state index contributed by atoms with van der Waals surface area (Å²) in [7, 11) is 2.38. The van der Waals surface area contributed by atoms with Crippen molar-refractivity contribution in [2.75, 3.05) is 20.1 Å². The van der Waals surface area contributed by atoms with Gasteiger partial charge in [0.25, 0.3) is 0 Å². The van der Waals surface area contributed by atoms with Gasteiger partial charge in [-0.3, -0.25) is 0 Å². The van der Waals surface area contributed by atoms with Crippen molar-refractivity contribution in [1.82, 2.24) is 0 Å². The van der Waals surface area contributed by atoms with E-state index in [2.05, 4.69) is 46.9 Å². The Morgan fingerprint density at radius 1 is 1.23 bits per heavy atom. The van der Waals surface area contributed by atoms with Crippen LogP contribution >= 0.6 is 0 Å². The van der Waals surface area contributed by atoms with Crippen molar-refractivity contribution >= 4 is 0 Å². The molecule has 0 saturated heterocycles. The average molecular weight is 182 g/mol. The first-order chi connectivity index (χ1) is 5.96. The van der Waals surface area contributed by atoms with E-state index in [9.17, 15) is 0 Å². The molecule has 1 heterocycles. The molecule has 0 saturated carbocycles. The quantitative estimate of drug-likeness (QED) is 0.455. The minimum Gasteiger partial charge on any atom is -0.320 e. The summed E-state index contributed by atoms with van der Waals surface area (Å²) in [4.78, 5) is 0. The number of quaternary nitrogens is 1. The molecule has 0 aromatic carbocycles. The third kappa shape index (κ3) is 2.34. The lowest BCUT2D eigenvalue weighted by molar-refractivity contribution is -0.928. The molecule has 0 aromatic heterocycles. The molecule has 1 rings (SSSR count). The van der Waals surface area contributed by atoms with Crippen LogP contribution in [-0.2, 0) is 0 Å². The lowest BCUT2D eigenvalue weighted by Crippen LogP contribution is -2.54. The van der Waals surface area contributed by atoms with Crippen molar-refractivity contribution < 1.29 is 4.48 Å². The predicted molar refractivity (Wildman–Crippen MR) is 58.5 cm³/mol. The fourth-order valence-electron chi connectivity index (χ4n) is 1.95. The molecule has 1 aliphatic heterocycles. The first kappa shape index (κ1) is 10.8. The van der Waals surface area contributed by atoms with Crippen molar-refractivity contribution in [3.05, 3.63) is 12.2 Å². The molecular weight excluding hydrogens is 158 g/mol. The average Bonchev–Trinajstić information content (AvgIpc) is 2.04. The van der Waals surface area contributed by atoms with Gasteiger partial charge < -0.3 is 4.48 Å². The third-order valence-corrected chi connectivity index (χ3v) is 3.64. The van der Waals surface area contributed by atoms with E-state index < -0.39 is 0 Å². The Balaban J connectivity index is 2.70. The summed E-state index contributed by atoms with van der Waals surface area (Å²) in [6.45, 7) is 11.8. The van der Waals surface area contributed by atoms with E-state index in [1.807, 2.05) is 0 Å². The highest BCUT2D eigenvalue weighted by Crippen LogP contribution is 2.24. The van der Waals surface area contributed by atoms with E-state index in [4.69, 9.17) is 0 Å². The third-order valence-electron chi connectivity index (χ3n) is 3.64. The van der Waals surface area contributed by atoms with Crippen molar-refractivity contribution in [2.45, 2.75) is 33.7 Å². The zero-order valence-corrected chi connectivity index (χ0v) is 9.75. The Labute approximate surface area is 83.0 Å².